The molecule has 0 spiro atoms. The normalized spacial score (nSPS) is 10.9. The predicted molar refractivity (Wildman–Crippen MR) is 101 cm³/mol. The van der Waals surface area contributed by atoms with Crippen molar-refractivity contribution in [1.82, 2.24) is 4.98 Å². The molecule has 4 rings (SSSR count). The van der Waals surface area contributed by atoms with Crippen molar-refractivity contribution < 1.29 is 9.18 Å². The Balaban J connectivity index is 1.76. The Bertz CT molecular complexity index is 1010. The number of hydrogen-bond donors (Lipinski definition) is 0. The van der Waals surface area contributed by atoms with Gasteiger partial charge in [-0.25, -0.2) is 9.37 Å². The smallest absolute Gasteiger partial charge is 0.270 e. The minimum Gasteiger partial charge on any atom is -0.279 e. The van der Waals surface area contributed by atoms with Crippen LogP contribution in [0.25, 0.3) is 10.2 Å². The Morgan fingerprint density at radius 3 is 2.68 bits per heavy atom. The second-order valence-corrected chi connectivity index (χ2v) is 7.42. The van der Waals surface area contributed by atoms with Crippen molar-refractivity contribution in [3.8, 4) is 0 Å². The Morgan fingerprint density at radius 2 is 1.92 bits per heavy atom. The largest absolute Gasteiger partial charge is 0.279 e. The van der Waals surface area contributed by atoms with Crippen molar-refractivity contribution in [2.24, 2.45) is 0 Å². The fraction of sp³-hybridized carbons (Fsp3) is 0.0526. The Morgan fingerprint density at radius 1 is 1.08 bits per heavy atom. The zero-order chi connectivity index (χ0) is 17.2. The topological polar surface area (TPSA) is 33.2 Å². The fourth-order valence-electron chi connectivity index (χ4n) is 2.53. The number of nitrogens with zero attached hydrogens (tertiary/aromatic N) is 2. The number of carbonyl (C=O) groups is 1. The number of anilines is 1. The van der Waals surface area contributed by atoms with Crippen LogP contribution in [0.5, 0.6) is 0 Å². The van der Waals surface area contributed by atoms with Crippen LogP contribution >= 0.6 is 22.7 Å². The molecule has 0 atom stereocenters. The zero-order valence-electron chi connectivity index (χ0n) is 13.1. The van der Waals surface area contributed by atoms with E-state index in [2.05, 4.69) is 4.98 Å². The van der Waals surface area contributed by atoms with E-state index in [4.69, 9.17) is 0 Å². The Labute approximate surface area is 152 Å². The summed E-state index contributed by atoms with van der Waals surface area (Å²) in [6.07, 6.45) is 0. The predicted octanol–water partition coefficient (Wildman–Crippen LogP) is 5.34. The summed E-state index contributed by atoms with van der Waals surface area (Å²) >= 11 is 2.72. The molecule has 0 aliphatic rings. The molecule has 3 nitrogen and oxygen atoms in total. The van der Waals surface area contributed by atoms with Gasteiger partial charge in [-0.3, -0.25) is 9.69 Å². The lowest BCUT2D eigenvalue weighted by molar-refractivity contribution is 0.0989. The third kappa shape index (κ3) is 3.31. The highest BCUT2D eigenvalue weighted by molar-refractivity contribution is 7.22. The van der Waals surface area contributed by atoms with Crippen LogP contribution in [0.15, 0.2) is 66.0 Å². The van der Waals surface area contributed by atoms with E-state index in [0.29, 0.717) is 22.1 Å². The van der Waals surface area contributed by atoms with Crippen LogP contribution in [0.4, 0.5) is 9.52 Å². The second-order valence-electron chi connectivity index (χ2n) is 5.46. The molecule has 2 aromatic carbocycles. The van der Waals surface area contributed by atoms with Crippen molar-refractivity contribution >= 4 is 43.9 Å². The summed E-state index contributed by atoms with van der Waals surface area (Å²) in [6, 6.07) is 17.9. The molecule has 0 unspecified atom stereocenters. The van der Waals surface area contributed by atoms with E-state index in [1.807, 2.05) is 41.8 Å². The first-order chi connectivity index (χ1) is 12.2. The lowest BCUT2D eigenvalue weighted by Crippen LogP contribution is -2.29. The molecule has 0 bridgehead atoms. The molecule has 0 radical (unpaired) electrons. The Hall–Kier alpha value is -2.57. The molecule has 0 N–H and O–H groups in total. The first kappa shape index (κ1) is 15.9. The standard InChI is InChI=1S/C19H13FN2OS2/c20-14-8-9-15-17(11-14)25-19(21-15)22(12-13-5-2-1-3-6-13)18(23)16-7-4-10-24-16/h1-11H,12H2. The maximum Gasteiger partial charge on any atom is 0.270 e. The molecular formula is C19H13FN2OS2. The lowest BCUT2D eigenvalue weighted by Gasteiger charge is -2.19. The number of amides is 1. The highest BCUT2D eigenvalue weighted by Crippen LogP contribution is 2.31. The highest BCUT2D eigenvalue weighted by atomic mass is 32.1. The molecule has 0 fully saturated rings. The number of thiophene rings is 1. The van der Waals surface area contributed by atoms with Gasteiger partial charge >= 0.3 is 0 Å². The van der Waals surface area contributed by atoms with E-state index in [-0.39, 0.29) is 11.7 Å². The van der Waals surface area contributed by atoms with Gasteiger partial charge in [0.05, 0.1) is 21.6 Å². The van der Waals surface area contributed by atoms with E-state index in [1.54, 1.807) is 17.0 Å². The third-order valence-electron chi connectivity index (χ3n) is 3.73. The van der Waals surface area contributed by atoms with Crippen LogP contribution in [0.2, 0.25) is 0 Å². The van der Waals surface area contributed by atoms with E-state index >= 15 is 0 Å². The molecule has 124 valence electrons. The van der Waals surface area contributed by atoms with Gasteiger partial charge in [-0.05, 0) is 35.2 Å². The van der Waals surface area contributed by atoms with Crippen molar-refractivity contribution in [2.75, 3.05) is 4.90 Å². The van der Waals surface area contributed by atoms with E-state index in [0.717, 1.165) is 10.3 Å². The van der Waals surface area contributed by atoms with Crippen LogP contribution in [0.1, 0.15) is 15.2 Å². The van der Waals surface area contributed by atoms with Crippen LogP contribution < -0.4 is 4.90 Å². The molecule has 0 saturated heterocycles. The molecule has 4 aromatic rings. The number of benzene rings is 2. The first-order valence-corrected chi connectivity index (χ1v) is 9.36. The maximum absolute atomic E-state index is 13.5. The summed E-state index contributed by atoms with van der Waals surface area (Å²) in [5, 5.41) is 2.45. The maximum atomic E-state index is 13.5. The van der Waals surface area contributed by atoms with Crippen molar-refractivity contribution in [2.45, 2.75) is 6.54 Å². The quantitative estimate of drug-likeness (QED) is 0.487. The van der Waals surface area contributed by atoms with Crippen LogP contribution in [0.3, 0.4) is 0 Å². The number of aromatic nitrogens is 1. The number of carbonyl (C=O) groups excluding carboxylic acids is 1. The van der Waals surface area contributed by atoms with Crippen LogP contribution in [-0.4, -0.2) is 10.9 Å². The molecular weight excluding hydrogens is 355 g/mol. The number of thiazole rings is 1. The molecule has 6 heteroatoms. The van der Waals surface area contributed by atoms with Crippen molar-refractivity contribution in [3.05, 3.63) is 82.3 Å². The van der Waals surface area contributed by atoms with Gasteiger partial charge in [-0.2, -0.15) is 0 Å². The van der Waals surface area contributed by atoms with E-state index in [1.165, 1.54) is 34.8 Å². The number of hydrogen-bond acceptors (Lipinski definition) is 4. The summed E-state index contributed by atoms with van der Waals surface area (Å²) in [7, 11) is 0. The molecule has 0 saturated carbocycles. The van der Waals surface area contributed by atoms with Gasteiger partial charge in [0.25, 0.3) is 5.91 Å². The molecule has 2 aromatic heterocycles. The van der Waals surface area contributed by atoms with Crippen LogP contribution in [-0.2, 0) is 6.54 Å². The van der Waals surface area contributed by atoms with Gasteiger partial charge < -0.3 is 0 Å². The van der Waals surface area contributed by atoms with E-state index < -0.39 is 0 Å². The number of rotatable bonds is 4. The average molecular weight is 368 g/mol. The van der Waals surface area contributed by atoms with E-state index in [9.17, 15) is 9.18 Å². The van der Waals surface area contributed by atoms with Gasteiger partial charge in [0.1, 0.15) is 5.82 Å². The van der Waals surface area contributed by atoms with Crippen molar-refractivity contribution in [1.29, 1.82) is 0 Å². The molecule has 1 amide bonds. The fourth-order valence-corrected chi connectivity index (χ4v) is 4.19. The molecule has 2 heterocycles. The SMILES string of the molecule is O=C(c1cccs1)N(Cc1ccccc1)c1nc2ccc(F)cc2s1. The third-order valence-corrected chi connectivity index (χ3v) is 5.63. The lowest BCUT2D eigenvalue weighted by atomic mass is 10.2. The van der Waals surface area contributed by atoms with Gasteiger partial charge in [-0.1, -0.05) is 47.7 Å². The average Bonchev–Trinajstić information content (AvgIpc) is 3.29. The minimum absolute atomic E-state index is 0.0987. The van der Waals surface area contributed by atoms with Crippen LogP contribution in [0, 0.1) is 5.82 Å². The first-order valence-electron chi connectivity index (χ1n) is 7.66. The number of fused-ring (bicyclic) bond motifs is 1. The zero-order valence-corrected chi connectivity index (χ0v) is 14.7. The summed E-state index contributed by atoms with van der Waals surface area (Å²) in [6.45, 7) is 0.417. The van der Waals surface area contributed by atoms with Gasteiger partial charge in [0.15, 0.2) is 5.13 Å². The van der Waals surface area contributed by atoms with Crippen molar-refractivity contribution in [3.63, 3.8) is 0 Å². The highest BCUT2D eigenvalue weighted by Gasteiger charge is 2.22. The number of halogens is 1. The molecule has 0 aliphatic carbocycles. The minimum atomic E-state index is -0.304. The molecule has 0 aliphatic heterocycles. The second kappa shape index (κ2) is 6.74. The monoisotopic (exact) mass is 368 g/mol. The summed E-state index contributed by atoms with van der Waals surface area (Å²) in [5.74, 6) is -0.403. The summed E-state index contributed by atoms with van der Waals surface area (Å²) < 4.78 is 14.2. The summed E-state index contributed by atoms with van der Waals surface area (Å²) in [4.78, 5) is 19.8. The van der Waals surface area contributed by atoms with Gasteiger partial charge in [0, 0.05) is 0 Å². The van der Waals surface area contributed by atoms with Gasteiger partial charge in [0.2, 0.25) is 0 Å². The summed E-state index contributed by atoms with van der Waals surface area (Å²) in [5.41, 5.74) is 1.70. The Kier molecular flexibility index (Phi) is 4.29. The van der Waals surface area contributed by atoms with Gasteiger partial charge in [-0.15, -0.1) is 11.3 Å². The molecule has 25 heavy (non-hydrogen) atoms.